The van der Waals surface area contributed by atoms with Crippen LogP contribution in [0.15, 0.2) is 0 Å². The van der Waals surface area contributed by atoms with Gasteiger partial charge in [0.25, 0.3) is 0 Å². The summed E-state index contributed by atoms with van der Waals surface area (Å²) in [5.74, 6) is 0.389. The van der Waals surface area contributed by atoms with Gasteiger partial charge in [0.15, 0.2) is 0 Å². The molecule has 1 fully saturated rings. The van der Waals surface area contributed by atoms with Crippen LogP contribution in [-0.2, 0) is 4.79 Å². The fourth-order valence-electron chi connectivity index (χ4n) is 1.69. The van der Waals surface area contributed by atoms with Gasteiger partial charge in [-0.15, -0.1) is 0 Å². The van der Waals surface area contributed by atoms with E-state index in [4.69, 9.17) is 5.11 Å². The molecule has 1 N–H and O–H groups in total. The second-order valence-electron chi connectivity index (χ2n) is 4.07. The molecule has 0 aromatic heterocycles. The maximum absolute atomic E-state index is 11.4. The first-order chi connectivity index (χ1) is 6.15. The lowest BCUT2D eigenvalue weighted by Crippen LogP contribution is -2.37. The summed E-state index contributed by atoms with van der Waals surface area (Å²) in [5, 5.41) is 9.03. The van der Waals surface area contributed by atoms with Gasteiger partial charge in [-0.25, -0.2) is 0 Å². The second kappa shape index (κ2) is 4.72. The van der Waals surface area contributed by atoms with E-state index in [0.717, 1.165) is 19.4 Å². The number of ketones is 1. The lowest BCUT2D eigenvalue weighted by atomic mass is 10.1. The zero-order valence-corrected chi connectivity index (χ0v) is 8.49. The smallest absolute Gasteiger partial charge is 0.149 e. The largest absolute Gasteiger partial charge is 0.395 e. The number of Topliss-reactive ketones (excluding diaryl/α,β-unsaturated/α-hetero) is 1. The minimum absolute atomic E-state index is 0.111. The predicted octanol–water partition coefficient (Wildman–Crippen LogP) is 0.668. The predicted molar refractivity (Wildman–Crippen MR) is 51.5 cm³/mol. The van der Waals surface area contributed by atoms with Crippen molar-refractivity contribution in [1.82, 2.24) is 4.90 Å². The average Bonchev–Trinajstić information content (AvgIpc) is 2.51. The zero-order valence-electron chi connectivity index (χ0n) is 8.49. The molecule has 0 aromatic rings. The van der Waals surface area contributed by atoms with E-state index in [2.05, 4.69) is 4.90 Å². The number of carbonyl (C=O) groups is 1. The lowest BCUT2D eigenvalue weighted by Gasteiger charge is -2.22. The summed E-state index contributed by atoms with van der Waals surface area (Å²) in [5.41, 5.74) is 0. The van der Waals surface area contributed by atoms with Crippen LogP contribution in [0.25, 0.3) is 0 Å². The molecule has 0 bridgehead atoms. The minimum Gasteiger partial charge on any atom is -0.395 e. The number of aliphatic hydroxyl groups excluding tert-OH is 1. The summed E-state index contributed by atoms with van der Waals surface area (Å²) in [4.78, 5) is 13.5. The Labute approximate surface area is 79.7 Å². The van der Waals surface area contributed by atoms with E-state index in [-0.39, 0.29) is 24.3 Å². The first kappa shape index (κ1) is 10.7. The highest BCUT2D eigenvalue weighted by atomic mass is 16.3. The van der Waals surface area contributed by atoms with Crippen LogP contribution in [0, 0.1) is 5.92 Å². The molecule has 0 spiro atoms. The number of nitrogens with zero attached hydrogens (tertiary/aromatic N) is 1. The Morgan fingerprint density at radius 3 is 2.85 bits per heavy atom. The number of aliphatic hydroxyl groups is 1. The van der Waals surface area contributed by atoms with Crippen molar-refractivity contribution < 1.29 is 9.90 Å². The molecule has 1 aliphatic rings. The fraction of sp³-hybridized carbons (Fsp3) is 0.900. The van der Waals surface area contributed by atoms with Crippen LogP contribution in [0.1, 0.15) is 26.7 Å². The molecule has 0 aliphatic carbocycles. The van der Waals surface area contributed by atoms with Crippen molar-refractivity contribution in [3.05, 3.63) is 0 Å². The Balaban J connectivity index is 2.39. The van der Waals surface area contributed by atoms with Gasteiger partial charge in [-0.05, 0) is 19.4 Å². The standard InChI is InChI=1S/C10H19NO2/c1-8(2)10(13)6-11-5-3-4-9(11)7-12/h8-9,12H,3-7H2,1-2H3. The van der Waals surface area contributed by atoms with E-state index >= 15 is 0 Å². The maximum atomic E-state index is 11.4. The highest BCUT2D eigenvalue weighted by molar-refractivity contribution is 5.82. The van der Waals surface area contributed by atoms with Crippen molar-refractivity contribution in [1.29, 1.82) is 0 Å². The van der Waals surface area contributed by atoms with Gasteiger partial charge >= 0.3 is 0 Å². The van der Waals surface area contributed by atoms with Gasteiger partial charge in [-0.3, -0.25) is 9.69 Å². The molecule has 0 amide bonds. The zero-order chi connectivity index (χ0) is 9.84. The Bertz CT molecular complexity index is 180. The van der Waals surface area contributed by atoms with E-state index in [0.29, 0.717) is 6.54 Å². The van der Waals surface area contributed by atoms with E-state index in [1.165, 1.54) is 0 Å². The lowest BCUT2D eigenvalue weighted by molar-refractivity contribution is -0.123. The molecule has 1 heterocycles. The van der Waals surface area contributed by atoms with Gasteiger partial charge in [0.1, 0.15) is 5.78 Å². The highest BCUT2D eigenvalue weighted by Crippen LogP contribution is 2.16. The maximum Gasteiger partial charge on any atom is 0.149 e. The fourth-order valence-corrected chi connectivity index (χ4v) is 1.69. The molecule has 0 radical (unpaired) electrons. The molecule has 76 valence electrons. The summed E-state index contributed by atoms with van der Waals surface area (Å²) < 4.78 is 0. The summed E-state index contributed by atoms with van der Waals surface area (Å²) >= 11 is 0. The van der Waals surface area contributed by atoms with Crippen LogP contribution in [0.3, 0.4) is 0 Å². The third-order valence-electron chi connectivity index (χ3n) is 2.71. The van der Waals surface area contributed by atoms with E-state index in [1.54, 1.807) is 0 Å². The van der Waals surface area contributed by atoms with Gasteiger partial charge < -0.3 is 5.11 Å². The normalized spacial score (nSPS) is 24.2. The number of hydrogen-bond donors (Lipinski definition) is 1. The van der Waals surface area contributed by atoms with Crippen LogP contribution in [0.5, 0.6) is 0 Å². The molecule has 3 heteroatoms. The summed E-state index contributed by atoms with van der Waals surface area (Å²) in [6.07, 6.45) is 2.14. The Morgan fingerprint density at radius 2 is 2.31 bits per heavy atom. The van der Waals surface area contributed by atoms with Gasteiger partial charge in [0.05, 0.1) is 13.2 Å². The summed E-state index contributed by atoms with van der Waals surface area (Å²) in [7, 11) is 0. The van der Waals surface area contributed by atoms with Crippen LogP contribution in [0.2, 0.25) is 0 Å². The Kier molecular flexibility index (Phi) is 3.88. The van der Waals surface area contributed by atoms with E-state index in [1.807, 2.05) is 13.8 Å². The molecule has 0 aromatic carbocycles. The van der Waals surface area contributed by atoms with Crippen LogP contribution < -0.4 is 0 Å². The number of likely N-dealkylation sites (tertiary alicyclic amines) is 1. The molecule has 1 unspecified atom stereocenters. The molecule has 1 saturated heterocycles. The number of rotatable bonds is 4. The van der Waals surface area contributed by atoms with E-state index in [9.17, 15) is 4.79 Å². The number of carbonyl (C=O) groups excluding carboxylic acids is 1. The molecule has 1 atom stereocenters. The van der Waals surface area contributed by atoms with Crippen molar-refractivity contribution in [2.24, 2.45) is 5.92 Å². The Morgan fingerprint density at radius 1 is 1.62 bits per heavy atom. The van der Waals surface area contributed by atoms with Crippen LogP contribution in [0.4, 0.5) is 0 Å². The molecular weight excluding hydrogens is 166 g/mol. The molecular formula is C10H19NO2. The Hall–Kier alpha value is -0.410. The first-order valence-corrected chi connectivity index (χ1v) is 5.02. The SMILES string of the molecule is CC(C)C(=O)CN1CCCC1CO. The van der Waals surface area contributed by atoms with Crippen LogP contribution >= 0.6 is 0 Å². The summed E-state index contributed by atoms with van der Waals surface area (Å²) in [6.45, 7) is 5.51. The molecule has 0 saturated carbocycles. The van der Waals surface area contributed by atoms with Crippen molar-refractivity contribution in [3.8, 4) is 0 Å². The monoisotopic (exact) mass is 185 g/mol. The third kappa shape index (κ3) is 2.78. The van der Waals surface area contributed by atoms with Gasteiger partial charge in [-0.2, -0.15) is 0 Å². The molecule has 1 rings (SSSR count). The highest BCUT2D eigenvalue weighted by Gasteiger charge is 2.25. The second-order valence-corrected chi connectivity index (χ2v) is 4.07. The third-order valence-corrected chi connectivity index (χ3v) is 2.71. The first-order valence-electron chi connectivity index (χ1n) is 5.02. The average molecular weight is 185 g/mol. The molecule has 3 nitrogen and oxygen atoms in total. The van der Waals surface area contributed by atoms with Crippen LogP contribution in [-0.4, -0.2) is 41.5 Å². The van der Waals surface area contributed by atoms with Crippen molar-refractivity contribution in [2.75, 3.05) is 19.7 Å². The topological polar surface area (TPSA) is 40.5 Å². The van der Waals surface area contributed by atoms with E-state index < -0.39 is 0 Å². The quantitative estimate of drug-likeness (QED) is 0.699. The van der Waals surface area contributed by atoms with Crippen molar-refractivity contribution in [3.63, 3.8) is 0 Å². The number of hydrogen-bond acceptors (Lipinski definition) is 3. The van der Waals surface area contributed by atoms with Gasteiger partial charge in [-0.1, -0.05) is 13.8 Å². The van der Waals surface area contributed by atoms with Gasteiger partial charge in [0.2, 0.25) is 0 Å². The molecule has 13 heavy (non-hydrogen) atoms. The summed E-state index contributed by atoms with van der Waals surface area (Å²) in [6, 6.07) is 0.225. The van der Waals surface area contributed by atoms with Crippen molar-refractivity contribution in [2.45, 2.75) is 32.7 Å². The van der Waals surface area contributed by atoms with Gasteiger partial charge in [0, 0.05) is 12.0 Å². The minimum atomic E-state index is 0.111. The molecule has 1 aliphatic heterocycles. The van der Waals surface area contributed by atoms with Crippen molar-refractivity contribution >= 4 is 5.78 Å².